The Balaban J connectivity index is 2.27. The fourth-order valence-electron chi connectivity index (χ4n) is 1.41. The minimum absolute atomic E-state index is 0.227. The standard InChI is InChI=1S/C11H11ClFN5/c1-2-6-18-11(15-16-17-18)14-7-8-9(12)4-3-5-10(8)13/h3-5,7H,2,6H2,1H3/b14-7+. The second kappa shape index (κ2) is 5.68. The zero-order valence-electron chi connectivity index (χ0n) is 9.72. The molecule has 0 amide bonds. The van der Waals surface area contributed by atoms with Crippen molar-refractivity contribution >= 4 is 23.8 Å². The van der Waals surface area contributed by atoms with E-state index in [1.165, 1.54) is 18.3 Å². The molecule has 0 fully saturated rings. The van der Waals surface area contributed by atoms with Crippen molar-refractivity contribution in [3.8, 4) is 0 Å². The molecule has 0 bridgehead atoms. The van der Waals surface area contributed by atoms with Crippen LogP contribution in [-0.4, -0.2) is 26.4 Å². The second-order valence-electron chi connectivity index (χ2n) is 3.60. The van der Waals surface area contributed by atoms with Crippen LogP contribution in [0.3, 0.4) is 0 Å². The van der Waals surface area contributed by atoms with Gasteiger partial charge in [-0.3, -0.25) is 0 Å². The predicted octanol–water partition coefficient (Wildman–Crippen LogP) is 2.63. The molecular weight excluding hydrogens is 257 g/mol. The zero-order valence-corrected chi connectivity index (χ0v) is 10.5. The fourth-order valence-corrected chi connectivity index (χ4v) is 1.62. The molecule has 0 aliphatic heterocycles. The van der Waals surface area contributed by atoms with Gasteiger partial charge in [0.15, 0.2) is 0 Å². The molecule has 0 N–H and O–H groups in total. The minimum atomic E-state index is -0.430. The van der Waals surface area contributed by atoms with Crippen molar-refractivity contribution in [3.05, 3.63) is 34.6 Å². The summed E-state index contributed by atoms with van der Waals surface area (Å²) in [6.45, 7) is 2.66. The van der Waals surface area contributed by atoms with Gasteiger partial charge in [-0.1, -0.05) is 29.7 Å². The Hall–Kier alpha value is -1.82. The molecule has 94 valence electrons. The van der Waals surface area contributed by atoms with Crippen molar-refractivity contribution in [2.24, 2.45) is 4.99 Å². The van der Waals surface area contributed by atoms with Gasteiger partial charge in [0.05, 0.1) is 5.02 Å². The summed E-state index contributed by atoms with van der Waals surface area (Å²) in [5, 5.41) is 11.3. The van der Waals surface area contributed by atoms with Crippen LogP contribution in [-0.2, 0) is 6.54 Å². The van der Waals surface area contributed by atoms with Gasteiger partial charge in [0.2, 0.25) is 0 Å². The van der Waals surface area contributed by atoms with Crippen LogP contribution < -0.4 is 0 Å². The predicted molar refractivity (Wildman–Crippen MR) is 66.8 cm³/mol. The van der Waals surface area contributed by atoms with Gasteiger partial charge in [0, 0.05) is 18.3 Å². The molecule has 7 heteroatoms. The highest BCUT2D eigenvalue weighted by Gasteiger charge is 2.06. The van der Waals surface area contributed by atoms with Gasteiger partial charge in [-0.25, -0.2) is 14.1 Å². The molecule has 2 aromatic rings. The van der Waals surface area contributed by atoms with Crippen molar-refractivity contribution < 1.29 is 4.39 Å². The molecule has 0 atom stereocenters. The molecule has 0 spiro atoms. The van der Waals surface area contributed by atoms with E-state index in [0.717, 1.165) is 6.42 Å². The van der Waals surface area contributed by atoms with Gasteiger partial charge in [-0.2, -0.15) is 0 Å². The minimum Gasteiger partial charge on any atom is -0.218 e. The number of hydrogen-bond acceptors (Lipinski definition) is 4. The number of tetrazole rings is 1. The van der Waals surface area contributed by atoms with E-state index < -0.39 is 5.82 Å². The molecule has 1 heterocycles. The van der Waals surface area contributed by atoms with E-state index in [1.54, 1.807) is 10.7 Å². The summed E-state index contributed by atoms with van der Waals surface area (Å²) in [6.07, 6.45) is 2.21. The van der Waals surface area contributed by atoms with Crippen molar-refractivity contribution in [2.45, 2.75) is 19.9 Å². The van der Waals surface area contributed by atoms with Crippen LogP contribution in [0.1, 0.15) is 18.9 Å². The molecule has 0 saturated carbocycles. The van der Waals surface area contributed by atoms with Crippen LogP contribution in [0.15, 0.2) is 23.2 Å². The van der Waals surface area contributed by atoms with Crippen LogP contribution in [0, 0.1) is 5.82 Å². The van der Waals surface area contributed by atoms with Gasteiger partial charge in [-0.15, -0.1) is 0 Å². The van der Waals surface area contributed by atoms with E-state index in [0.29, 0.717) is 17.5 Å². The molecule has 1 aromatic carbocycles. The van der Waals surface area contributed by atoms with Crippen molar-refractivity contribution in [1.29, 1.82) is 0 Å². The Kier molecular flexibility index (Phi) is 3.99. The van der Waals surface area contributed by atoms with Crippen LogP contribution in [0.25, 0.3) is 0 Å². The topological polar surface area (TPSA) is 56.0 Å². The Morgan fingerprint density at radius 3 is 3.06 bits per heavy atom. The lowest BCUT2D eigenvalue weighted by atomic mass is 10.2. The number of benzene rings is 1. The summed E-state index contributed by atoms with van der Waals surface area (Å²) >= 11 is 5.88. The Morgan fingerprint density at radius 1 is 1.50 bits per heavy atom. The highest BCUT2D eigenvalue weighted by Crippen LogP contribution is 2.17. The first kappa shape index (κ1) is 12.6. The third-order valence-electron chi connectivity index (χ3n) is 2.26. The first-order valence-corrected chi connectivity index (χ1v) is 5.84. The molecule has 0 radical (unpaired) electrons. The van der Waals surface area contributed by atoms with Crippen molar-refractivity contribution in [3.63, 3.8) is 0 Å². The molecule has 0 unspecified atom stereocenters. The molecule has 2 rings (SSSR count). The third kappa shape index (κ3) is 2.70. The highest BCUT2D eigenvalue weighted by atomic mass is 35.5. The Labute approximate surface area is 108 Å². The van der Waals surface area contributed by atoms with Gasteiger partial charge in [-0.05, 0) is 29.0 Å². The van der Waals surface area contributed by atoms with Crippen LogP contribution in [0.4, 0.5) is 10.3 Å². The van der Waals surface area contributed by atoms with E-state index in [-0.39, 0.29) is 5.56 Å². The maximum Gasteiger partial charge on any atom is 0.269 e. The number of halogens is 2. The first-order chi connectivity index (χ1) is 8.72. The van der Waals surface area contributed by atoms with Crippen molar-refractivity contribution in [2.75, 3.05) is 0 Å². The summed E-state index contributed by atoms with van der Waals surface area (Å²) in [7, 11) is 0. The van der Waals surface area contributed by atoms with E-state index in [1.807, 2.05) is 6.92 Å². The Bertz CT molecular complexity index is 546. The van der Waals surface area contributed by atoms with E-state index >= 15 is 0 Å². The fraction of sp³-hybridized carbons (Fsp3) is 0.273. The molecular formula is C11H11ClFN5. The van der Waals surface area contributed by atoms with E-state index in [4.69, 9.17) is 11.6 Å². The summed E-state index contributed by atoms with van der Waals surface area (Å²) in [6, 6.07) is 4.46. The average molecular weight is 268 g/mol. The normalized spacial score (nSPS) is 11.3. The lowest BCUT2D eigenvalue weighted by Crippen LogP contribution is -1.99. The second-order valence-corrected chi connectivity index (χ2v) is 4.00. The molecule has 0 saturated heterocycles. The monoisotopic (exact) mass is 267 g/mol. The Morgan fingerprint density at radius 2 is 2.33 bits per heavy atom. The quantitative estimate of drug-likeness (QED) is 0.800. The van der Waals surface area contributed by atoms with Gasteiger partial charge in [0.25, 0.3) is 5.95 Å². The van der Waals surface area contributed by atoms with Gasteiger partial charge < -0.3 is 0 Å². The number of nitrogens with zero attached hydrogens (tertiary/aromatic N) is 5. The van der Waals surface area contributed by atoms with Crippen LogP contribution >= 0.6 is 11.6 Å². The number of hydrogen-bond donors (Lipinski definition) is 0. The van der Waals surface area contributed by atoms with E-state index in [2.05, 4.69) is 20.5 Å². The lowest BCUT2D eigenvalue weighted by molar-refractivity contribution is 0.582. The van der Waals surface area contributed by atoms with Crippen LogP contribution in [0.5, 0.6) is 0 Å². The average Bonchev–Trinajstić information content (AvgIpc) is 2.77. The zero-order chi connectivity index (χ0) is 13.0. The van der Waals surface area contributed by atoms with Gasteiger partial charge in [0.1, 0.15) is 5.82 Å². The molecule has 0 aliphatic carbocycles. The van der Waals surface area contributed by atoms with E-state index in [9.17, 15) is 4.39 Å². The number of aryl methyl sites for hydroxylation is 1. The van der Waals surface area contributed by atoms with Crippen LogP contribution in [0.2, 0.25) is 5.02 Å². The van der Waals surface area contributed by atoms with Crippen molar-refractivity contribution in [1.82, 2.24) is 20.2 Å². The lowest BCUT2D eigenvalue weighted by Gasteiger charge is -1.99. The van der Waals surface area contributed by atoms with Gasteiger partial charge >= 0.3 is 0 Å². The summed E-state index contributed by atoms with van der Waals surface area (Å²) in [5.41, 5.74) is 0.227. The highest BCUT2D eigenvalue weighted by molar-refractivity contribution is 6.33. The molecule has 5 nitrogen and oxygen atoms in total. The first-order valence-electron chi connectivity index (χ1n) is 5.46. The molecule has 1 aromatic heterocycles. The number of aromatic nitrogens is 4. The summed E-state index contributed by atoms with van der Waals surface area (Å²) in [4.78, 5) is 4.05. The number of rotatable bonds is 4. The number of aliphatic imine (C=N–C) groups is 1. The molecule has 18 heavy (non-hydrogen) atoms. The summed E-state index contributed by atoms with van der Waals surface area (Å²) in [5.74, 6) is -0.100. The smallest absolute Gasteiger partial charge is 0.218 e. The SMILES string of the molecule is CCCn1nnnc1/N=C/c1c(F)cccc1Cl. The maximum atomic E-state index is 13.5. The maximum absolute atomic E-state index is 13.5. The summed E-state index contributed by atoms with van der Waals surface area (Å²) < 4.78 is 15.0. The molecule has 0 aliphatic rings. The largest absolute Gasteiger partial charge is 0.269 e. The third-order valence-corrected chi connectivity index (χ3v) is 2.59.